The van der Waals surface area contributed by atoms with Gasteiger partial charge in [-0.25, -0.2) is 14.4 Å². The minimum Gasteiger partial charge on any atom is -0.495 e. The summed E-state index contributed by atoms with van der Waals surface area (Å²) < 4.78 is 4.61. The molecule has 0 aliphatic heterocycles. The van der Waals surface area contributed by atoms with E-state index in [-0.39, 0.29) is 52.9 Å². The molecule has 0 amide bonds. The Morgan fingerprint density at radius 2 is 1.62 bits per heavy atom. The van der Waals surface area contributed by atoms with E-state index in [0.717, 1.165) is 0 Å². The van der Waals surface area contributed by atoms with Crippen molar-refractivity contribution in [2.45, 2.75) is 6.92 Å². The molecule has 0 aliphatic rings. The third-order valence-corrected chi connectivity index (χ3v) is 1.98. The zero-order valence-corrected chi connectivity index (χ0v) is 14.0. The summed E-state index contributed by atoms with van der Waals surface area (Å²) in [5.41, 5.74) is 0.157. The summed E-state index contributed by atoms with van der Waals surface area (Å²) in [6.45, 7) is 7.92. The van der Waals surface area contributed by atoms with Gasteiger partial charge >= 0.3 is 47.5 Å². The van der Waals surface area contributed by atoms with Gasteiger partial charge in [0.1, 0.15) is 0 Å². The van der Waals surface area contributed by atoms with E-state index in [9.17, 15) is 14.4 Å². The van der Waals surface area contributed by atoms with Gasteiger partial charge in [-0.15, -0.1) is 0 Å². The van der Waals surface area contributed by atoms with Crippen molar-refractivity contribution in [2.24, 2.45) is 0 Å². The average Bonchev–Trinajstić information content (AvgIpc) is 2.39. The summed E-state index contributed by atoms with van der Waals surface area (Å²) in [7, 11) is 0. The molecule has 2 N–H and O–H groups in total. The summed E-state index contributed by atoms with van der Waals surface area (Å²) in [5, 5.41) is 16.7. The van der Waals surface area contributed by atoms with Crippen LogP contribution >= 0.6 is 0 Å². The van der Waals surface area contributed by atoms with Crippen molar-refractivity contribution in [1.82, 2.24) is 0 Å². The van der Waals surface area contributed by atoms with Crippen LogP contribution in [0.25, 0.3) is 0 Å². The second-order valence-corrected chi connectivity index (χ2v) is 3.57. The maximum atomic E-state index is 11.2. The monoisotopic (exact) mass is 302 g/mol. The van der Waals surface area contributed by atoms with Crippen LogP contribution in [0.15, 0.2) is 36.4 Å². The SMILES string of the molecule is C=C(C)C(=O)O.[CH2-]COC(=O)c1ccccc1C(=O)O.[Na+]. The van der Waals surface area contributed by atoms with Crippen LogP contribution in [0.3, 0.4) is 0 Å². The Morgan fingerprint density at radius 1 is 1.19 bits per heavy atom. The van der Waals surface area contributed by atoms with Crippen molar-refractivity contribution >= 4 is 17.9 Å². The standard InChI is InChI=1S/C10H9O4.C4H6O2.Na/c1-2-14-10(13)8-6-4-3-5-7(8)9(11)12;1-3(2)4(5)6;/h3-6H,1-2H2,(H,11,12);1H2,2H3,(H,5,6);/q-1;;+1. The minimum absolute atomic E-state index is 0. The van der Waals surface area contributed by atoms with Gasteiger partial charge in [0.15, 0.2) is 0 Å². The molecule has 0 aliphatic carbocycles. The predicted molar refractivity (Wildman–Crippen MR) is 71.5 cm³/mol. The Balaban J connectivity index is 0. The van der Waals surface area contributed by atoms with Crippen LogP contribution in [0.2, 0.25) is 0 Å². The van der Waals surface area contributed by atoms with E-state index in [1.54, 1.807) is 12.1 Å². The summed E-state index contributed by atoms with van der Waals surface area (Å²) in [4.78, 5) is 31.6. The minimum atomic E-state index is -1.15. The quantitative estimate of drug-likeness (QED) is 0.321. The predicted octanol–water partition coefficient (Wildman–Crippen LogP) is -0.973. The molecule has 7 heteroatoms. The Hall–Kier alpha value is -1.63. The first kappa shape index (κ1) is 21.7. The van der Waals surface area contributed by atoms with Gasteiger partial charge in [-0.2, -0.15) is 0 Å². The molecule has 0 saturated carbocycles. The molecular weight excluding hydrogens is 287 g/mol. The van der Waals surface area contributed by atoms with E-state index in [1.165, 1.54) is 19.1 Å². The van der Waals surface area contributed by atoms with Crippen LogP contribution in [0.1, 0.15) is 27.6 Å². The number of aliphatic carboxylic acids is 1. The first-order valence-corrected chi connectivity index (χ1v) is 5.48. The van der Waals surface area contributed by atoms with Gasteiger partial charge in [0, 0.05) is 5.57 Å². The Bertz CT molecular complexity index is 512. The van der Waals surface area contributed by atoms with Gasteiger partial charge in [-0.3, -0.25) is 0 Å². The zero-order chi connectivity index (χ0) is 15.7. The number of carboxylic acids is 2. The molecule has 6 nitrogen and oxygen atoms in total. The summed E-state index contributed by atoms with van der Waals surface area (Å²) >= 11 is 0. The van der Waals surface area contributed by atoms with Crippen LogP contribution in [-0.2, 0) is 9.53 Å². The smallest absolute Gasteiger partial charge is 0.495 e. The van der Waals surface area contributed by atoms with Crippen molar-refractivity contribution in [3.05, 3.63) is 54.5 Å². The van der Waals surface area contributed by atoms with Crippen LogP contribution in [0, 0.1) is 6.92 Å². The molecular formula is C14H15NaO6. The molecule has 1 aromatic carbocycles. The topological polar surface area (TPSA) is 101 Å². The second-order valence-electron chi connectivity index (χ2n) is 3.57. The number of rotatable bonds is 4. The number of ether oxygens (including phenoxy) is 1. The van der Waals surface area contributed by atoms with E-state index in [4.69, 9.17) is 10.2 Å². The number of carboxylic acid groups (broad SMARTS) is 2. The maximum absolute atomic E-state index is 11.2. The molecule has 0 heterocycles. The molecule has 0 radical (unpaired) electrons. The fraction of sp³-hybridized carbons (Fsp3) is 0.143. The van der Waals surface area contributed by atoms with E-state index in [1.807, 2.05) is 0 Å². The summed E-state index contributed by atoms with van der Waals surface area (Å²) in [5.74, 6) is -2.75. The van der Waals surface area contributed by atoms with Gasteiger partial charge in [0.25, 0.3) is 0 Å². The van der Waals surface area contributed by atoms with Gasteiger partial charge in [0.2, 0.25) is 0 Å². The van der Waals surface area contributed by atoms with Gasteiger partial charge in [-0.1, -0.05) is 18.7 Å². The Kier molecular flexibility index (Phi) is 11.4. The van der Waals surface area contributed by atoms with E-state index in [0.29, 0.717) is 0 Å². The van der Waals surface area contributed by atoms with Gasteiger partial charge < -0.3 is 21.9 Å². The largest absolute Gasteiger partial charge is 1.00 e. The number of esters is 1. The zero-order valence-electron chi connectivity index (χ0n) is 12.0. The third-order valence-electron chi connectivity index (χ3n) is 1.98. The normalized spacial score (nSPS) is 8.48. The average molecular weight is 302 g/mol. The Labute approximate surface area is 144 Å². The van der Waals surface area contributed by atoms with Gasteiger partial charge in [0.05, 0.1) is 11.1 Å². The number of benzene rings is 1. The number of carbonyl (C=O) groups excluding carboxylic acids is 1. The van der Waals surface area contributed by atoms with Crippen LogP contribution < -0.4 is 29.6 Å². The molecule has 0 fully saturated rings. The van der Waals surface area contributed by atoms with Crippen molar-refractivity contribution in [1.29, 1.82) is 0 Å². The van der Waals surface area contributed by atoms with Crippen molar-refractivity contribution in [3.63, 3.8) is 0 Å². The fourth-order valence-corrected chi connectivity index (χ4v) is 1.02. The molecule has 0 spiro atoms. The van der Waals surface area contributed by atoms with E-state index < -0.39 is 17.9 Å². The molecule has 0 bridgehead atoms. The molecule has 1 aromatic rings. The number of hydrogen-bond donors (Lipinski definition) is 2. The maximum Gasteiger partial charge on any atom is 1.00 e. The molecule has 21 heavy (non-hydrogen) atoms. The molecule has 0 saturated heterocycles. The van der Waals surface area contributed by atoms with Crippen molar-refractivity contribution in [3.8, 4) is 0 Å². The van der Waals surface area contributed by atoms with E-state index in [2.05, 4.69) is 18.2 Å². The van der Waals surface area contributed by atoms with Crippen molar-refractivity contribution < 1.29 is 58.9 Å². The number of carbonyl (C=O) groups is 3. The summed E-state index contributed by atoms with van der Waals surface area (Å²) in [6.07, 6.45) is 0. The summed E-state index contributed by atoms with van der Waals surface area (Å²) in [6, 6.07) is 5.88. The fourth-order valence-electron chi connectivity index (χ4n) is 1.02. The van der Waals surface area contributed by atoms with Crippen molar-refractivity contribution in [2.75, 3.05) is 6.61 Å². The first-order valence-electron chi connectivity index (χ1n) is 5.48. The van der Waals surface area contributed by atoms with Crippen LogP contribution in [-0.4, -0.2) is 34.7 Å². The molecule has 0 unspecified atom stereocenters. The molecule has 0 atom stereocenters. The molecule has 0 aromatic heterocycles. The van der Waals surface area contributed by atoms with Gasteiger partial charge in [-0.05, 0) is 25.7 Å². The van der Waals surface area contributed by atoms with Crippen LogP contribution in [0.4, 0.5) is 0 Å². The van der Waals surface area contributed by atoms with E-state index >= 15 is 0 Å². The second kappa shape index (κ2) is 11.1. The number of hydrogen-bond acceptors (Lipinski definition) is 4. The number of aromatic carboxylic acids is 1. The first-order chi connectivity index (χ1) is 9.31. The third kappa shape index (κ3) is 8.29. The molecule has 108 valence electrons. The van der Waals surface area contributed by atoms with Crippen LogP contribution in [0.5, 0.6) is 0 Å². The Morgan fingerprint density at radius 3 is 1.95 bits per heavy atom. The molecule has 1 rings (SSSR count).